The lowest BCUT2D eigenvalue weighted by Gasteiger charge is -2.39. The number of amides is 1. The minimum atomic E-state index is 0.182. The van der Waals surface area contributed by atoms with Gasteiger partial charge in [0.15, 0.2) is 0 Å². The number of hydrogen-bond donors (Lipinski definition) is 0. The number of piperidine rings is 1. The summed E-state index contributed by atoms with van der Waals surface area (Å²) in [7, 11) is 0. The zero-order valence-electron chi connectivity index (χ0n) is 10.3. The Morgan fingerprint density at radius 3 is 2.24 bits per heavy atom. The van der Waals surface area contributed by atoms with E-state index >= 15 is 0 Å². The Balaban J connectivity index is 2.20. The van der Waals surface area contributed by atoms with Gasteiger partial charge in [-0.2, -0.15) is 0 Å². The summed E-state index contributed by atoms with van der Waals surface area (Å²) in [6.07, 6.45) is 3.49. The van der Waals surface area contributed by atoms with Crippen LogP contribution in [0.2, 0.25) is 0 Å². The highest BCUT2D eigenvalue weighted by Crippen LogP contribution is 2.24. The van der Waals surface area contributed by atoms with Crippen molar-refractivity contribution in [3.05, 3.63) is 33.4 Å². The first-order valence-electron chi connectivity index (χ1n) is 6.18. The van der Waals surface area contributed by atoms with Gasteiger partial charge < -0.3 is 4.90 Å². The van der Waals surface area contributed by atoms with Crippen molar-refractivity contribution in [3.8, 4) is 0 Å². The Hall–Kier alpha value is -0.580. The molecule has 1 aliphatic heterocycles. The van der Waals surface area contributed by atoms with Crippen molar-refractivity contribution < 1.29 is 4.79 Å². The lowest BCUT2D eigenvalue weighted by atomic mass is 9.96. The van der Waals surface area contributed by atoms with Gasteiger partial charge in [-0.1, -0.05) is 0 Å². The Morgan fingerprint density at radius 1 is 1.18 bits per heavy atom. The second kappa shape index (κ2) is 5.38. The van der Waals surface area contributed by atoms with E-state index in [4.69, 9.17) is 0 Å². The van der Waals surface area contributed by atoms with Gasteiger partial charge in [0.25, 0.3) is 5.91 Å². The van der Waals surface area contributed by atoms with Crippen molar-refractivity contribution in [1.82, 2.24) is 4.90 Å². The van der Waals surface area contributed by atoms with Crippen LogP contribution >= 0.6 is 22.6 Å². The van der Waals surface area contributed by atoms with Crippen LogP contribution in [0.25, 0.3) is 0 Å². The Bertz CT molecular complexity index is 391. The maximum absolute atomic E-state index is 12.5. The highest BCUT2D eigenvalue weighted by Gasteiger charge is 2.29. The van der Waals surface area contributed by atoms with Crippen molar-refractivity contribution in [2.75, 3.05) is 0 Å². The average Bonchev–Trinajstić information content (AvgIpc) is 2.29. The zero-order chi connectivity index (χ0) is 12.4. The number of hydrogen-bond acceptors (Lipinski definition) is 1. The summed E-state index contributed by atoms with van der Waals surface area (Å²) < 4.78 is 1.17. The fourth-order valence-electron chi connectivity index (χ4n) is 2.56. The van der Waals surface area contributed by atoms with Crippen molar-refractivity contribution in [2.45, 2.75) is 45.2 Å². The molecule has 2 nitrogen and oxygen atoms in total. The zero-order valence-corrected chi connectivity index (χ0v) is 12.5. The summed E-state index contributed by atoms with van der Waals surface area (Å²) in [5.41, 5.74) is 0.811. The van der Waals surface area contributed by atoms with Crippen molar-refractivity contribution in [3.63, 3.8) is 0 Å². The molecule has 17 heavy (non-hydrogen) atoms. The molecule has 0 saturated carbocycles. The lowest BCUT2D eigenvalue weighted by Crippen LogP contribution is -2.47. The maximum Gasteiger partial charge on any atom is 0.254 e. The number of rotatable bonds is 1. The number of halogens is 1. The van der Waals surface area contributed by atoms with Crippen LogP contribution < -0.4 is 0 Å². The lowest BCUT2D eigenvalue weighted by molar-refractivity contribution is 0.0511. The number of carbonyl (C=O) groups excluding carboxylic acids is 1. The summed E-state index contributed by atoms with van der Waals surface area (Å²) in [5.74, 6) is 0.182. The molecule has 2 rings (SSSR count). The molecule has 1 heterocycles. The van der Waals surface area contributed by atoms with Crippen LogP contribution in [0, 0.1) is 3.57 Å². The molecule has 1 aliphatic rings. The molecule has 1 fully saturated rings. The molecule has 0 bridgehead atoms. The topological polar surface area (TPSA) is 20.3 Å². The molecule has 1 amide bonds. The third kappa shape index (κ3) is 2.81. The van der Waals surface area contributed by atoms with Gasteiger partial charge >= 0.3 is 0 Å². The summed E-state index contributed by atoms with van der Waals surface area (Å²) >= 11 is 2.26. The second-order valence-corrected chi connectivity index (χ2v) is 6.09. The predicted octanol–water partition coefficient (Wildman–Crippen LogP) is 3.69. The Labute approximate surface area is 117 Å². The molecule has 0 aromatic heterocycles. The minimum absolute atomic E-state index is 0.182. The monoisotopic (exact) mass is 343 g/mol. The van der Waals surface area contributed by atoms with Crippen LogP contribution in [0.5, 0.6) is 0 Å². The second-order valence-electron chi connectivity index (χ2n) is 4.85. The van der Waals surface area contributed by atoms with Gasteiger partial charge in [0.2, 0.25) is 0 Å². The molecule has 0 aliphatic carbocycles. The summed E-state index contributed by atoms with van der Waals surface area (Å²) in [5, 5.41) is 0. The van der Waals surface area contributed by atoms with Gasteiger partial charge in [-0.15, -0.1) is 0 Å². The van der Waals surface area contributed by atoms with Crippen molar-refractivity contribution in [1.29, 1.82) is 0 Å². The molecule has 92 valence electrons. The smallest absolute Gasteiger partial charge is 0.254 e. The fraction of sp³-hybridized carbons (Fsp3) is 0.500. The largest absolute Gasteiger partial charge is 0.333 e. The SMILES string of the molecule is C[C@H]1CCC[C@H](C)N1C(=O)c1ccc(I)cc1. The molecule has 0 radical (unpaired) electrons. The van der Waals surface area contributed by atoms with E-state index in [-0.39, 0.29) is 5.91 Å². The van der Waals surface area contributed by atoms with Crippen LogP contribution in [-0.2, 0) is 0 Å². The van der Waals surface area contributed by atoms with E-state index in [0.717, 1.165) is 18.4 Å². The van der Waals surface area contributed by atoms with E-state index in [2.05, 4.69) is 36.4 Å². The van der Waals surface area contributed by atoms with Gasteiger partial charge in [0, 0.05) is 21.2 Å². The maximum atomic E-state index is 12.5. The molecule has 1 aromatic carbocycles. The molecular weight excluding hydrogens is 325 g/mol. The number of benzene rings is 1. The molecule has 1 saturated heterocycles. The van der Waals surface area contributed by atoms with E-state index < -0.39 is 0 Å². The first-order chi connectivity index (χ1) is 8.09. The van der Waals surface area contributed by atoms with E-state index in [0.29, 0.717) is 12.1 Å². The third-order valence-corrected chi connectivity index (χ3v) is 4.24. The number of nitrogens with zero attached hydrogens (tertiary/aromatic N) is 1. The van der Waals surface area contributed by atoms with E-state index in [9.17, 15) is 4.79 Å². The molecule has 0 unspecified atom stereocenters. The fourth-order valence-corrected chi connectivity index (χ4v) is 2.92. The van der Waals surface area contributed by atoms with Gasteiger partial charge in [-0.3, -0.25) is 4.79 Å². The molecular formula is C14H18INO. The predicted molar refractivity (Wildman–Crippen MR) is 78.1 cm³/mol. The first kappa shape index (κ1) is 12.9. The van der Waals surface area contributed by atoms with E-state index in [1.54, 1.807) is 0 Å². The molecule has 2 atom stereocenters. The van der Waals surface area contributed by atoms with Gasteiger partial charge in [-0.05, 0) is 80.0 Å². The van der Waals surface area contributed by atoms with E-state index in [1.165, 1.54) is 9.99 Å². The highest BCUT2D eigenvalue weighted by molar-refractivity contribution is 14.1. The van der Waals surface area contributed by atoms with Crippen LogP contribution in [0.4, 0.5) is 0 Å². The number of likely N-dealkylation sites (tertiary alicyclic amines) is 1. The normalized spacial score (nSPS) is 24.8. The molecule has 0 spiro atoms. The van der Waals surface area contributed by atoms with E-state index in [1.807, 2.05) is 29.2 Å². The first-order valence-corrected chi connectivity index (χ1v) is 7.25. The standard InChI is InChI=1S/C14H18INO/c1-10-4-3-5-11(2)16(10)14(17)12-6-8-13(15)9-7-12/h6-11H,3-5H2,1-2H3/t10-,11-/m0/s1. The summed E-state index contributed by atoms with van der Waals surface area (Å²) in [6.45, 7) is 4.31. The Morgan fingerprint density at radius 2 is 1.71 bits per heavy atom. The van der Waals surface area contributed by atoms with Crippen LogP contribution in [0.15, 0.2) is 24.3 Å². The molecule has 3 heteroatoms. The van der Waals surface area contributed by atoms with Crippen LogP contribution in [-0.4, -0.2) is 22.9 Å². The summed E-state index contributed by atoms with van der Waals surface area (Å²) in [6, 6.07) is 8.58. The molecule has 0 N–H and O–H groups in total. The Kier molecular flexibility index (Phi) is 4.07. The highest BCUT2D eigenvalue weighted by atomic mass is 127. The number of carbonyl (C=O) groups is 1. The van der Waals surface area contributed by atoms with Gasteiger partial charge in [-0.25, -0.2) is 0 Å². The van der Waals surface area contributed by atoms with Crippen LogP contribution in [0.3, 0.4) is 0 Å². The van der Waals surface area contributed by atoms with Crippen molar-refractivity contribution >= 4 is 28.5 Å². The van der Waals surface area contributed by atoms with Crippen LogP contribution in [0.1, 0.15) is 43.5 Å². The van der Waals surface area contributed by atoms with Gasteiger partial charge in [0.05, 0.1) is 0 Å². The third-order valence-electron chi connectivity index (χ3n) is 3.52. The van der Waals surface area contributed by atoms with Gasteiger partial charge in [0.1, 0.15) is 0 Å². The molecule has 1 aromatic rings. The van der Waals surface area contributed by atoms with Crippen molar-refractivity contribution in [2.24, 2.45) is 0 Å². The average molecular weight is 343 g/mol. The quantitative estimate of drug-likeness (QED) is 0.712. The minimum Gasteiger partial charge on any atom is -0.333 e. The summed E-state index contributed by atoms with van der Waals surface area (Å²) in [4.78, 5) is 14.5.